The molecule has 5 heteroatoms. The lowest BCUT2D eigenvalue weighted by molar-refractivity contribution is 0.356. The van der Waals surface area contributed by atoms with Gasteiger partial charge in [0.1, 0.15) is 0 Å². The van der Waals surface area contributed by atoms with E-state index in [2.05, 4.69) is 12.0 Å². The molecule has 0 unspecified atom stereocenters. The van der Waals surface area contributed by atoms with Gasteiger partial charge in [-0.05, 0) is 6.42 Å². The maximum atomic E-state index is 10.2. The van der Waals surface area contributed by atoms with E-state index in [0.717, 1.165) is 25.7 Å². The Morgan fingerprint density at radius 1 is 1.27 bits per heavy atom. The number of nitrogens with one attached hydrogen (secondary N) is 1. The minimum absolute atomic E-state index is 0.407. The van der Waals surface area contributed by atoms with E-state index in [9.17, 15) is 4.57 Å². The minimum atomic E-state index is -3.96. The molecule has 0 aromatic carbocycles. The molecule has 11 heavy (non-hydrogen) atoms. The molecule has 0 fully saturated rings. The third-order valence-corrected chi connectivity index (χ3v) is 1.98. The zero-order valence-corrected chi connectivity index (χ0v) is 7.68. The molecule has 0 heterocycles. The van der Waals surface area contributed by atoms with Crippen LogP contribution in [0.3, 0.4) is 0 Å². The fourth-order valence-corrected chi connectivity index (χ4v) is 1.23. The highest BCUT2D eigenvalue weighted by Crippen LogP contribution is 2.27. The highest BCUT2D eigenvalue weighted by Gasteiger charge is 2.09. The Labute approximate surface area is 67.2 Å². The summed E-state index contributed by atoms with van der Waals surface area (Å²) >= 11 is 0. The maximum Gasteiger partial charge on any atom is 0.400 e. The van der Waals surface area contributed by atoms with Crippen LogP contribution in [0.4, 0.5) is 0 Å². The topological polar surface area (TPSA) is 69.6 Å². The second-order valence-corrected chi connectivity index (χ2v) is 3.92. The third kappa shape index (κ3) is 10.1. The van der Waals surface area contributed by atoms with E-state index in [0.29, 0.717) is 6.54 Å². The van der Waals surface area contributed by atoms with Crippen molar-refractivity contribution in [3.8, 4) is 0 Å². The highest BCUT2D eigenvalue weighted by atomic mass is 31.2. The first kappa shape index (κ1) is 11.1. The second-order valence-electron chi connectivity index (χ2n) is 2.51. The van der Waals surface area contributed by atoms with Crippen molar-refractivity contribution in [2.24, 2.45) is 0 Å². The predicted octanol–water partition coefficient (Wildman–Crippen LogP) is 1.25. The van der Waals surface area contributed by atoms with Crippen LogP contribution in [-0.2, 0) is 4.57 Å². The van der Waals surface area contributed by atoms with Gasteiger partial charge in [0.2, 0.25) is 0 Å². The summed E-state index contributed by atoms with van der Waals surface area (Å²) in [4.78, 5) is 16.7. The van der Waals surface area contributed by atoms with Gasteiger partial charge in [0.05, 0.1) is 0 Å². The largest absolute Gasteiger partial charge is 0.400 e. The van der Waals surface area contributed by atoms with Crippen molar-refractivity contribution in [3.05, 3.63) is 0 Å². The summed E-state index contributed by atoms with van der Waals surface area (Å²) in [6, 6.07) is 0. The molecule has 0 atom stereocenters. The summed E-state index contributed by atoms with van der Waals surface area (Å²) < 4.78 is 10.2. The van der Waals surface area contributed by atoms with E-state index in [1.165, 1.54) is 0 Å². The van der Waals surface area contributed by atoms with Crippen molar-refractivity contribution in [2.75, 3.05) is 6.54 Å². The molecule has 3 N–H and O–H groups in total. The van der Waals surface area contributed by atoms with Crippen LogP contribution >= 0.6 is 7.75 Å². The van der Waals surface area contributed by atoms with Gasteiger partial charge in [0.25, 0.3) is 0 Å². The van der Waals surface area contributed by atoms with Gasteiger partial charge >= 0.3 is 7.75 Å². The summed E-state index contributed by atoms with van der Waals surface area (Å²) in [6.07, 6.45) is 4.13. The highest BCUT2D eigenvalue weighted by molar-refractivity contribution is 7.49. The molecule has 0 aromatic heterocycles. The Kier molecular flexibility index (Phi) is 5.78. The molecular weight excluding hydrogens is 165 g/mol. The van der Waals surface area contributed by atoms with Crippen LogP contribution in [0.2, 0.25) is 0 Å². The lowest BCUT2D eigenvalue weighted by atomic mass is 10.2. The SMILES string of the molecule is CCCCCCNP(=O)(O)O. The molecule has 0 spiro atoms. The Bertz CT molecular complexity index is 134. The first-order valence-corrected chi connectivity index (χ1v) is 5.48. The molecule has 4 nitrogen and oxygen atoms in total. The molecule has 0 bridgehead atoms. The number of rotatable bonds is 6. The summed E-state index contributed by atoms with van der Waals surface area (Å²) in [5, 5.41) is 2.15. The first-order valence-electron chi connectivity index (χ1n) is 3.87. The summed E-state index contributed by atoms with van der Waals surface area (Å²) in [5.74, 6) is 0. The van der Waals surface area contributed by atoms with Gasteiger partial charge in [0.15, 0.2) is 0 Å². The summed E-state index contributed by atoms with van der Waals surface area (Å²) in [7, 11) is -3.96. The normalized spacial score (nSPS) is 11.9. The zero-order chi connectivity index (χ0) is 8.74. The van der Waals surface area contributed by atoms with Crippen molar-refractivity contribution < 1.29 is 14.4 Å². The van der Waals surface area contributed by atoms with Crippen LogP contribution in [0.5, 0.6) is 0 Å². The van der Waals surface area contributed by atoms with Gasteiger partial charge in [-0.1, -0.05) is 26.2 Å². The standard InChI is InChI=1S/C6H16NO3P/c1-2-3-4-5-6-7-11(8,9)10/h2-6H2,1H3,(H3,7,8,9,10). The van der Waals surface area contributed by atoms with Gasteiger partial charge in [-0.2, -0.15) is 0 Å². The monoisotopic (exact) mass is 181 g/mol. The Hall–Kier alpha value is 0.110. The van der Waals surface area contributed by atoms with E-state index in [-0.39, 0.29) is 0 Å². The maximum absolute atomic E-state index is 10.2. The number of unbranched alkanes of at least 4 members (excludes halogenated alkanes) is 3. The lowest BCUT2D eigenvalue weighted by Crippen LogP contribution is -2.10. The average Bonchev–Trinajstić information content (AvgIpc) is 1.85. The van der Waals surface area contributed by atoms with Crippen molar-refractivity contribution in [2.45, 2.75) is 32.6 Å². The van der Waals surface area contributed by atoms with Crippen LogP contribution in [0, 0.1) is 0 Å². The van der Waals surface area contributed by atoms with Gasteiger partial charge in [0, 0.05) is 6.54 Å². The van der Waals surface area contributed by atoms with Crippen LogP contribution in [-0.4, -0.2) is 16.3 Å². The lowest BCUT2D eigenvalue weighted by Gasteiger charge is -2.04. The van der Waals surface area contributed by atoms with Crippen LogP contribution in [0.1, 0.15) is 32.6 Å². The molecule has 0 amide bonds. The molecule has 0 saturated heterocycles. The molecule has 0 radical (unpaired) electrons. The van der Waals surface area contributed by atoms with Crippen LogP contribution in [0.15, 0.2) is 0 Å². The second kappa shape index (κ2) is 5.72. The van der Waals surface area contributed by atoms with E-state index in [1.807, 2.05) is 0 Å². The Morgan fingerprint density at radius 3 is 2.36 bits per heavy atom. The van der Waals surface area contributed by atoms with Crippen molar-refractivity contribution in [3.63, 3.8) is 0 Å². The van der Waals surface area contributed by atoms with Crippen molar-refractivity contribution >= 4 is 7.75 Å². The fourth-order valence-electron chi connectivity index (χ4n) is 0.776. The number of hydrogen-bond acceptors (Lipinski definition) is 1. The predicted molar refractivity (Wildman–Crippen MR) is 44.2 cm³/mol. The fraction of sp³-hybridized carbons (Fsp3) is 1.00. The molecule has 0 rings (SSSR count). The Morgan fingerprint density at radius 2 is 1.91 bits per heavy atom. The quantitative estimate of drug-likeness (QED) is 0.426. The summed E-state index contributed by atoms with van der Waals surface area (Å²) in [6.45, 7) is 2.50. The first-order chi connectivity index (χ1) is 5.06. The van der Waals surface area contributed by atoms with E-state index in [1.54, 1.807) is 0 Å². The van der Waals surface area contributed by atoms with Crippen molar-refractivity contribution in [1.29, 1.82) is 0 Å². The number of hydrogen-bond donors (Lipinski definition) is 3. The van der Waals surface area contributed by atoms with Gasteiger partial charge < -0.3 is 9.79 Å². The average molecular weight is 181 g/mol. The minimum Gasteiger partial charge on any atom is -0.313 e. The van der Waals surface area contributed by atoms with Gasteiger partial charge in [-0.3, -0.25) is 0 Å². The molecule has 0 saturated carbocycles. The molecule has 0 aliphatic heterocycles. The molecule has 0 aliphatic carbocycles. The van der Waals surface area contributed by atoms with Crippen molar-refractivity contribution in [1.82, 2.24) is 5.09 Å². The third-order valence-electron chi connectivity index (χ3n) is 1.35. The van der Waals surface area contributed by atoms with Gasteiger partial charge in [-0.25, -0.2) is 9.65 Å². The van der Waals surface area contributed by atoms with E-state index < -0.39 is 7.75 Å². The Balaban J connectivity index is 3.09. The van der Waals surface area contributed by atoms with E-state index >= 15 is 0 Å². The van der Waals surface area contributed by atoms with E-state index in [4.69, 9.17) is 9.79 Å². The zero-order valence-electron chi connectivity index (χ0n) is 6.79. The molecule has 0 aromatic rings. The van der Waals surface area contributed by atoms with Crippen LogP contribution in [0.25, 0.3) is 0 Å². The molecule has 0 aliphatic rings. The van der Waals surface area contributed by atoms with Gasteiger partial charge in [-0.15, -0.1) is 0 Å². The van der Waals surface area contributed by atoms with Crippen LogP contribution < -0.4 is 5.09 Å². The molecular formula is C6H16NO3P. The smallest absolute Gasteiger partial charge is 0.313 e. The molecule has 68 valence electrons. The summed E-state index contributed by atoms with van der Waals surface area (Å²) in [5.41, 5.74) is 0.